The van der Waals surface area contributed by atoms with Gasteiger partial charge in [0, 0.05) is 12.5 Å². The van der Waals surface area contributed by atoms with Crippen LogP contribution in [0.3, 0.4) is 0 Å². The van der Waals surface area contributed by atoms with Crippen molar-refractivity contribution >= 4 is 5.97 Å². The second-order valence-corrected chi connectivity index (χ2v) is 13.0. The molecule has 0 spiro atoms. The minimum Gasteiger partial charge on any atom is -0.469 e. The summed E-state index contributed by atoms with van der Waals surface area (Å²) in [4.78, 5) is 11.7. The number of ether oxygens (including phenoxy) is 1. The Morgan fingerprint density at radius 3 is 2.56 bits per heavy atom. The zero-order valence-electron chi connectivity index (χ0n) is 22.4. The number of aliphatic hydroxyl groups is 1. The van der Waals surface area contributed by atoms with Crippen molar-refractivity contribution in [3.8, 4) is 0 Å². The van der Waals surface area contributed by atoms with Crippen LogP contribution in [0.15, 0.2) is 0 Å². The van der Waals surface area contributed by atoms with Gasteiger partial charge in [0.05, 0.1) is 13.2 Å². The van der Waals surface area contributed by atoms with Gasteiger partial charge in [-0.25, -0.2) is 0 Å². The predicted molar refractivity (Wildman–Crippen MR) is 137 cm³/mol. The van der Waals surface area contributed by atoms with Gasteiger partial charge in [-0.2, -0.15) is 0 Å². The number of carbonyl (C=O) groups excluding carboxylic acids is 1. The number of hydrogen-bond donors (Lipinski definition) is 3. The fourth-order valence-corrected chi connectivity index (χ4v) is 9.61. The number of aliphatic hydroxyl groups excluding tert-OH is 1. The van der Waals surface area contributed by atoms with Gasteiger partial charge in [0.2, 0.25) is 0 Å². The third-order valence-electron chi connectivity index (χ3n) is 11.5. The molecule has 0 amide bonds. The van der Waals surface area contributed by atoms with Gasteiger partial charge in [0.25, 0.3) is 0 Å². The van der Waals surface area contributed by atoms with Gasteiger partial charge in [0.15, 0.2) is 0 Å². The van der Waals surface area contributed by atoms with E-state index in [9.17, 15) is 9.90 Å². The standard InChI is InChI=1S/C29H52N2O3/c1-19(7-10-26(33)34-4)22-8-9-23-27-24(12-14-29(22,23)3)28(2)13-11-21(31-16-6-5-15-30)17-20(28)18-25(27)32/h19-25,27,31-32H,5-18,30H2,1-4H3/t19-,20-,21-,22?,23?,24?,25-,27?,28+,29-/m1/s1. The Bertz CT molecular complexity index is 701. The van der Waals surface area contributed by atoms with Crippen LogP contribution in [-0.2, 0) is 9.53 Å². The van der Waals surface area contributed by atoms with Crippen molar-refractivity contribution in [2.75, 3.05) is 20.2 Å². The number of nitrogens with two attached hydrogens (primary N) is 1. The first kappa shape index (κ1) is 26.4. The van der Waals surface area contributed by atoms with Crippen LogP contribution >= 0.6 is 0 Å². The molecule has 10 atom stereocenters. The quantitative estimate of drug-likeness (QED) is 0.325. The number of methoxy groups -OCH3 is 1. The minimum atomic E-state index is -0.146. The number of unbranched alkanes of at least 4 members (excludes halogenated alkanes) is 1. The first-order valence-electron chi connectivity index (χ1n) is 14.4. The number of fused-ring (bicyclic) bond motifs is 5. The van der Waals surface area contributed by atoms with Crippen molar-refractivity contribution in [2.24, 2.45) is 52.1 Å². The SMILES string of the molecule is COC(=O)CC[C@@H](C)C1CCC2C3C(CC[C@@]21C)[C@@]1(C)CC[C@@H](NCCCCN)C[C@@H]1C[C@H]3O. The first-order valence-corrected chi connectivity index (χ1v) is 14.4. The molecule has 4 saturated carbocycles. The van der Waals surface area contributed by atoms with Crippen LogP contribution < -0.4 is 11.1 Å². The Morgan fingerprint density at radius 1 is 1.09 bits per heavy atom. The van der Waals surface area contributed by atoms with Crippen LogP contribution in [0.4, 0.5) is 0 Å². The highest BCUT2D eigenvalue weighted by Crippen LogP contribution is 2.68. The van der Waals surface area contributed by atoms with Gasteiger partial charge >= 0.3 is 5.97 Å². The molecule has 34 heavy (non-hydrogen) atoms. The molecule has 4 fully saturated rings. The smallest absolute Gasteiger partial charge is 0.305 e. The highest BCUT2D eigenvalue weighted by atomic mass is 16.5. The molecule has 4 N–H and O–H groups in total. The van der Waals surface area contributed by atoms with E-state index in [2.05, 4.69) is 26.1 Å². The normalized spacial score (nSPS) is 44.6. The lowest BCUT2D eigenvalue weighted by molar-refractivity contribution is -0.167. The van der Waals surface area contributed by atoms with Crippen LogP contribution in [0.5, 0.6) is 0 Å². The van der Waals surface area contributed by atoms with E-state index in [0.717, 1.165) is 32.4 Å². The lowest BCUT2D eigenvalue weighted by Gasteiger charge is -2.62. The molecule has 0 aromatic carbocycles. The molecule has 0 bridgehead atoms. The molecule has 5 heteroatoms. The van der Waals surface area contributed by atoms with Crippen molar-refractivity contribution in [2.45, 2.75) is 110 Å². The Morgan fingerprint density at radius 2 is 1.82 bits per heavy atom. The second-order valence-electron chi connectivity index (χ2n) is 13.0. The lowest BCUT2D eigenvalue weighted by Crippen LogP contribution is -2.59. The topological polar surface area (TPSA) is 84.6 Å². The lowest BCUT2D eigenvalue weighted by atomic mass is 9.43. The Hall–Kier alpha value is -0.650. The van der Waals surface area contributed by atoms with Gasteiger partial charge in [0.1, 0.15) is 0 Å². The van der Waals surface area contributed by atoms with Crippen molar-refractivity contribution in [3.63, 3.8) is 0 Å². The van der Waals surface area contributed by atoms with Crippen LogP contribution in [0.25, 0.3) is 0 Å². The van der Waals surface area contributed by atoms with Crippen LogP contribution in [-0.4, -0.2) is 43.4 Å². The average Bonchev–Trinajstić information content (AvgIpc) is 3.18. The zero-order chi connectivity index (χ0) is 24.5. The minimum absolute atomic E-state index is 0.0820. The Balaban J connectivity index is 1.42. The molecule has 0 aromatic rings. The summed E-state index contributed by atoms with van der Waals surface area (Å²) in [5.74, 6) is 3.53. The van der Waals surface area contributed by atoms with Crippen molar-refractivity contribution < 1.29 is 14.6 Å². The summed E-state index contributed by atoms with van der Waals surface area (Å²) in [6, 6.07) is 0.611. The highest BCUT2D eigenvalue weighted by molar-refractivity contribution is 5.69. The molecule has 4 aliphatic carbocycles. The summed E-state index contributed by atoms with van der Waals surface area (Å²) < 4.78 is 4.90. The second kappa shape index (κ2) is 10.8. The monoisotopic (exact) mass is 476 g/mol. The van der Waals surface area contributed by atoms with E-state index in [1.54, 1.807) is 0 Å². The molecule has 0 radical (unpaired) electrons. The molecule has 5 nitrogen and oxygen atoms in total. The van der Waals surface area contributed by atoms with E-state index in [0.29, 0.717) is 58.8 Å². The maximum Gasteiger partial charge on any atom is 0.305 e. The maximum absolute atomic E-state index is 11.7. The van der Waals surface area contributed by atoms with Crippen LogP contribution in [0.1, 0.15) is 97.8 Å². The number of carbonyl (C=O) groups is 1. The summed E-state index contributed by atoms with van der Waals surface area (Å²) in [6.45, 7) is 9.33. The molecular formula is C29H52N2O3. The van der Waals surface area contributed by atoms with Crippen molar-refractivity contribution in [3.05, 3.63) is 0 Å². The number of nitrogens with one attached hydrogen (secondary N) is 1. The van der Waals surface area contributed by atoms with Gasteiger partial charge in [-0.1, -0.05) is 20.8 Å². The zero-order valence-corrected chi connectivity index (χ0v) is 22.4. The molecule has 0 aliphatic heterocycles. The Labute approximate surface area is 208 Å². The molecule has 0 aromatic heterocycles. The van der Waals surface area contributed by atoms with Gasteiger partial charge < -0.3 is 20.9 Å². The number of hydrogen-bond acceptors (Lipinski definition) is 5. The summed E-state index contributed by atoms with van der Waals surface area (Å²) in [6.07, 6.45) is 13.5. The van der Waals surface area contributed by atoms with Gasteiger partial charge in [-0.15, -0.1) is 0 Å². The Kier molecular flexibility index (Phi) is 8.36. The summed E-state index contributed by atoms with van der Waals surface area (Å²) in [5, 5.41) is 15.4. The molecule has 0 heterocycles. The molecule has 4 unspecified atom stereocenters. The van der Waals surface area contributed by atoms with Crippen molar-refractivity contribution in [1.29, 1.82) is 0 Å². The van der Waals surface area contributed by atoms with E-state index in [4.69, 9.17) is 10.5 Å². The van der Waals surface area contributed by atoms with Crippen LogP contribution in [0, 0.1) is 46.3 Å². The first-order chi connectivity index (χ1) is 16.2. The third-order valence-corrected chi connectivity index (χ3v) is 11.5. The van der Waals surface area contributed by atoms with E-state index in [1.165, 1.54) is 58.5 Å². The van der Waals surface area contributed by atoms with E-state index in [-0.39, 0.29) is 12.1 Å². The highest BCUT2D eigenvalue weighted by Gasteiger charge is 2.62. The molecule has 4 aliphatic rings. The largest absolute Gasteiger partial charge is 0.469 e. The number of esters is 1. The average molecular weight is 477 g/mol. The van der Waals surface area contributed by atoms with Crippen LogP contribution in [0.2, 0.25) is 0 Å². The van der Waals surface area contributed by atoms with E-state index < -0.39 is 0 Å². The summed E-state index contributed by atoms with van der Waals surface area (Å²) in [7, 11) is 1.49. The van der Waals surface area contributed by atoms with Gasteiger partial charge in [-0.05, 0) is 130 Å². The molecule has 0 saturated heterocycles. The summed E-state index contributed by atoms with van der Waals surface area (Å²) in [5.41, 5.74) is 6.35. The third kappa shape index (κ3) is 4.83. The molecule has 196 valence electrons. The van der Waals surface area contributed by atoms with Crippen molar-refractivity contribution in [1.82, 2.24) is 5.32 Å². The van der Waals surface area contributed by atoms with E-state index in [1.807, 2.05) is 0 Å². The van der Waals surface area contributed by atoms with Gasteiger partial charge in [-0.3, -0.25) is 4.79 Å². The molecular weight excluding hydrogens is 424 g/mol. The maximum atomic E-state index is 11.7. The predicted octanol–water partition coefficient (Wildman–Crippen LogP) is 4.90. The fourth-order valence-electron chi connectivity index (χ4n) is 9.61. The number of rotatable bonds is 9. The van der Waals surface area contributed by atoms with E-state index >= 15 is 0 Å². The fraction of sp³-hybridized carbons (Fsp3) is 0.966. The molecule has 4 rings (SSSR count). The summed E-state index contributed by atoms with van der Waals surface area (Å²) >= 11 is 0.